The Morgan fingerprint density at radius 1 is 1.08 bits per heavy atom. The summed E-state index contributed by atoms with van der Waals surface area (Å²) in [4.78, 5) is 14.3. The Morgan fingerprint density at radius 3 is 2.32 bits per heavy atom. The smallest absolute Gasteiger partial charge is 0.260 e. The molecule has 2 rings (SSSR count). The number of benzene rings is 2. The van der Waals surface area contributed by atoms with Crippen LogP contribution in [-0.4, -0.2) is 37.7 Å². The third-order valence-electron chi connectivity index (χ3n) is 3.76. The highest BCUT2D eigenvalue weighted by molar-refractivity contribution is 6.30. The van der Waals surface area contributed by atoms with E-state index in [0.717, 1.165) is 16.7 Å². The molecule has 1 amide bonds. The third-order valence-corrected chi connectivity index (χ3v) is 4.01. The lowest BCUT2D eigenvalue weighted by Crippen LogP contribution is -2.36. The van der Waals surface area contributed by atoms with Crippen LogP contribution in [0, 0.1) is 13.8 Å². The summed E-state index contributed by atoms with van der Waals surface area (Å²) in [5.74, 6) is 0.634. The van der Waals surface area contributed by atoms with Crippen LogP contribution in [0.25, 0.3) is 0 Å². The zero-order chi connectivity index (χ0) is 18.2. The molecule has 0 aliphatic heterocycles. The summed E-state index contributed by atoms with van der Waals surface area (Å²) in [6.07, 6.45) is 0. The number of methoxy groups -OCH3 is 1. The van der Waals surface area contributed by atoms with Gasteiger partial charge in [-0.2, -0.15) is 0 Å². The van der Waals surface area contributed by atoms with E-state index in [1.807, 2.05) is 50.2 Å². The van der Waals surface area contributed by atoms with E-state index >= 15 is 0 Å². The first kappa shape index (κ1) is 19.3. The lowest BCUT2D eigenvalue weighted by molar-refractivity contribution is -0.134. The van der Waals surface area contributed by atoms with Crippen LogP contribution in [0.4, 0.5) is 0 Å². The van der Waals surface area contributed by atoms with Gasteiger partial charge in [-0.1, -0.05) is 29.8 Å². The van der Waals surface area contributed by atoms with Crippen molar-refractivity contribution >= 4 is 17.5 Å². The van der Waals surface area contributed by atoms with Crippen LogP contribution in [0.15, 0.2) is 42.5 Å². The minimum atomic E-state index is -0.0776. The normalized spacial score (nSPS) is 10.6. The molecule has 0 heterocycles. The first-order valence-electron chi connectivity index (χ1n) is 8.20. The fourth-order valence-corrected chi connectivity index (χ4v) is 2.68. The van der Waals surface area contributed by atoms with Gasteiger partial charge in [0.15, 0.2) is 6.61 Å². The molecule has 0 aliphatic carbocycles. The average Bonchev–Trinajstić information content (AvgIpc) is 2.57. The van der Waals surface area contributed by atoms with E-state index in [9.17, 15) is 4.79 Å². The number of rotatable bonds is 8. The zero-order valence-electron chi connectivity index (χ0n) is 14.9. The molecule has 25 heavy (non-hydrogen) atoms. The molecule has 0 fully saturated rings. The van der Waals surface area contributed by atoms with Gasteiger partial charge in [-0.3, -0.25) is 4.79 Å². The van der Waals surface area contributed by atoms with E-state index in [4.69, 9.17) is 21.1 Å². The summed E-state index contributed by atoms with van der Waals surface area (Å²) in [6.45, 7) is 5.49. The van der Waals surface area contributed by atoms with Gasteiger partial charge in [0.2, 0.25) is 0 Å². The van der Waals surface area contributed by atoms with Crippen molar-refractivity contribution in [2.75, 3.05) is 26.9 Å². The summed E-state index contributed by atoms with van der Waals surface area (Å²) < 4.78 is 10.8. The van der Waals surface area contributed by atoms with Gasteiger partial charge in [0.05, 0.1) is 6.61 Å². The Kier molecular flexibility index (Phi) is 7.29. The number of nitrogens with zero attached hydrogens (tertiary/aromatic N) is 1. The van der Waals surface area contributed by atoms with Gasteiger partial charge in [-0.05, 0) is 54.8 Å². The molecule has 134 valence electrons. The molecule has 0 spiro atoms. The Morgan fingerprint density at radius 2 is 1.72 bits per heavy atom. The van der Waals surface area contributed by atoms with Crippen LogP contribution < -0.4 is 4.74 Å². The number of hydrogen-bond acceptors (Lipinski definition) is 3. The zero-order valence-corrected chi connectivity index (χ0v) is 15.7. The van der Waals surface area contributed by atoms with Crippen LogP contribution in [0.1, 0.15) is 16.7 Å². The molecular weight excluding hydrogens is 338 g/mol. The predicted octanol–water partition coefficient (Wildman–Crippen LogP) is 4.01. The minimum Gasteiger partial charge on any atom is -0.484 e. The van der Waals surface area contributed by atoms with Crippen molar-refractivity contribution in [3.8, 4) is 5.75 Å². The van der Waals surface area contributed by atoms with E-state index in [1.165, 1.54) is 0 Å². The molecule has 5 heteroatoms. The number of halogens is 1. The van der Waals surface area contributed by atoms with E-state index in [-0.39, 0.29) is 12.5 Å². The molecule has 4 nitrogen and oxygen atoms in total. The first-order chi connectivity index (χ1) is 12.0. The summed E-state index contributed by atoms with van der Waals surface area (Å²) in [6, 6.07) is 13.4. The Bertz CT molecular complexity index is 680. The highest BCUT2D eigenvalue weighted by atomic mass is 35.5. The molecule has 0 radical (unpaired) electrons. The number of carbonyl (C=O) groups is 1. The molecule has 2 aromatic carbocycles. The van der Waals surface area contributed by atoms with Crippen molar-refractivity contribution in [2.24, 2.45) is 0 Å². The van der Waals surface area contributed by atoms with Gasteiger partial charge in [0, 0.05) is 25.2 Å². The van der Waals surface area contributed by atoms with Crippen molar-refractivity contribution in [1.29, 1.82) is 0 Å². The third kappa shape index (κ3) is 6.40. The standard InChI is InChI=1S/C20H24ClNO3/c1-15-10-16(2)12-19(11-15)25-14-20(23)22(8-9-24-3)13-17-4-6-18(21)7-5-17/h4-7,10-12H,8-9,13-14H2,1-3H3. The summed E-state index contributed by atoms with van der Waals surface area (Å²) in [5.41, 5.74) is 3.24. The topological polar surface area (TPSA) is 38.8 Å². The number of amides is 1. The van der Waals surface area contributed by atoms with Crippen LogP contribution >= 0.6 is 11.6 Å². The molecule has 0 aromatic heterocycles. The lowest BCUT2D eigenvalue weighted by Gasteiger charge is -2.23. The minimum absolute atomic E-state index is 0.000196. The van der Waals surface area contributed by atoms with Gasteiger partial charge in [-0.15, -0.1) is 0 Å². The van der Waals surface area contributed by atoms with Gasteiger partial charge in [0.1, 0.15) is 5.75 Å². The molecular formula is C20H24ClNO3. The van der Waals surface area contributed by atoms with E-state index in [2.05, 4.69) is 6.07 Å². The molecule has 2 aromatic rings. The fraction of sp³-hybridized carbons (Fsp3) is 0.350. The number of carbonyl (C=O) groups excluding carboxylic acids is 1. The number of hydrogen-bond donors (Lipinski definition) is 0. The average molecular weight is 362 g/mol. The molecule has 0 saturated heterocycles. The summed E-state index contributed by atoms with van der Waals surface area (Å²) in [5, 5.41) is 0.677. The Labute approximate surface area is 154 Å². The van der Waals surface area contributed by atoms with Gasteiger partial charge >= 0.3 is 0 Å². The summed E-state index contributed by atoms with van der Waals surface area (Å²) in [7, 11) is 1.62. The fourth-order valence-electron chi connectivity index (χ4n) is 2.56. The second-order valence-electron chi connectivity index (χ2n) is 6.05. The lowest BCUT2D eigenvalue weighted by atomic mass is 10.1. The van der Waals surface area contributed by atoms with Crippen LogP contribution in [0.3, 0.4) is 0 Å². The molecule has 0 atom stereocenters. The Balaban J connectivity index is 2.00. The molecule has 0 aliphatic rings. The Hall–Kier alpha value is -2.04. The van der Waals surface area contributed by atoms with Gasteiger partial charge in [-0.25, -0.2) is 0 Å². The van der Waals surface area contributed by atoms with Crippen molar-refractivity contribution < 1.29 is 14.3 Å². The number of aryl methyl sites for hydroxylation is 2. The van der Waals surface area contributed by atoms with Crippen molar-refractivity contribution in [1.82, 2.24) is 4.90 Å². The van der Waals surface area contributed by atoms with Crippen LogP contribution in [0.2, 0.25) is 5.02 Å². The molecule has 0 saturated carbocycles. The van der Waals surface area contributed by atoms with Gasteiger partial charge < -0.3 is 14.4 Å². The first-order valence-corrected chi connectivity index (χ1v) is 8.58. The van der Waals surface area contributed by atoms with Crippen molar-refractivity contribution in [3.05, 3.63) is 64.2 Å². The van der Waals surface area contributed by atoms with E-state index in [1.54, 1.807) is 12.0 Å². The second-order valence-corrected chi connectivity index (χ2v) is 6.48. The quantitative estimate of drug-likeness (QED) is 0.713. The van der Waals surface area contributed by atoms with Crippen molar-refractivity contribution in [3.63, 3.8) is 0 Å². The maximum Gasteiger partial charge on any atom is 0.260 e. The molecule has 0 bridgehead atoms. The number of ether oxygens (including phenoxy) is 2. The molecule has 0 unspecified atom stereocenters. The van der Waals surface area contributed by atoms with E-state index in [0.29, 0.717) is 30.5 Å². The highest BCUT2D eigenvalue weighted by Crippen LogP contribution is 2.17. The van der Waals surface area contributed by atoms with Crippen molar-refractivity contribution in [2.45, 2.75) is 20.4 Å². The monoisotopic (exact) mass is 361 g/mol. The maximum atomic E-state index is 12.6. The summed E-state index contributed by atoms with van der Waals surface area (Å²) >= 11 is 5.92. The van der Waals surface area contributed by atoms with E-state index < -0.39 is 0 Å². The SMILES string of the molecule is COCCN(Cc1ccc(Cl)cc1)C(=O)COc1cc(C)cc(C)c1. The molecule has 0 N–H and O–H groups in total. The largest absolute Gasteiger partial charge is 0.484 e. The highest BCUT2D eigenvalue weighted by Gasteiger charge is 2.15. The second kappa shape index (κ2) is 9.44. The van der Waals surface area contributed by atoms with Gasteiger partial charge in [0.25, 0.3) is 5.91 Å². The predicted molar refractivity (Wildman–Crippen MR) is 100 cm³/mol. The van der Waals surface area contributed by atoms with Crippen LogP contribution in [0.5, 0.6) is 5.75 Å². The maximum absolute atomic E-state index is 12.6. The van der Waals surface area contributed by atoms with Crippen LogP contribution in [-0.2, 0) is 16.1 Å².